The molecule has 0 aromatic heterocycles. The van der Waals surface area contributed by atoms with E-state index < -0.39 is 42.4 Å². The molecule has 0 bridgehead atoms. The number of carbonyl (C=O) groups excluding carboxylic acids is 5. The van der Waals surface area contributed by atoms with Crippen LogP contribution in [0.25, 0.3) is 0 Å². The standard InChI is InChI=1S/C17H19N3O6/c1-9(2)18-17(25)19-13(21)8-26-16(24)10(3)20-14(22)11-6-4-5-7-12(11)15(20)23/h4-7,9-10H,8H2,1-3H3,(H2,18,19,21,25)/t10-/m1/s1. The summed E-state index contributed by atoms with van der Waals surface area (Å²) in [5.74, 6) is -2.96. The van der Waals surface area contributed by atoms with Gasteiger partial charge in [0, 0.05) is 6.04 Å². The number of amides is 5. The molecule has 1 atom stereocenters. The highest BCUT2D eigenvalue weighted by Gasteiger charge is 2.41. The van der Waals surface area contributed by atoms with E-state index in [-0.39, 0.29) is 17.2 Å². The van der Waals surface area contributed by atoms with E-state index in [0.29, 0.717) is 0 Å². The topological polar surface area (TPSA) is 122 Å². The molecule has 1 aromatic carbocycles. The molecule has 0 unspecified atom stereocenters. The lowest BCUT2D eigenvalue weighted by Crippen LogP contribution is -2.46. The molecule has 0 aliphatic carbocycles. The minimum Gasteiger partial charge on any atom is -0.454 e. The van der Waals surface area contributed by atoms with Crippen LogP contribution in [-0.2, 0) is 14.3 Å². The average molecular weight is 361 g/mol. The number of hydrogen-bond acceptors (Lipinski definition) is 6. The maximum atomic E-state index is 12.3. The third kappa shape index (κ3) is 4.05. The number of fused-ring (bicyclic) bond motifs is 1. The maximum absolute atomic E-state index is 12.3. The maximum Gasteiger partial charge on any atom is 0.329 e. The van der Waals surface area contributed by atoms with Crippen molar-refractivity contribution in [3.8, 4) is 0 Å². The molecule has 0 saturated carbocycles. The Hall–Kier alpha value is -3.23. The first-order valence-electron chi connectivity index (χ1n) is 7.96. The molecule has 1 heterocycles. The van der Waals surface area contributed by atoms with Crippen molar-refractivity contribution in [1.82, 2.24) is 15.5 Å². The first-order valence-corrected chi connectivity index (χ1v) is 7.96. The summed E-state index contributed by atoms with van der Waals surface area (Å²) in [5.41, 5.74) is 0.417. The zero-order valence-electron chi connectivity index (χ0n) is 14.6. The van der Waals surface area contributed by atoms with Crippen molar-refractivity contribution < 1.29 is 28.7 Å². The molecule has 1 aliphatic rings. The summed E-state index contributed by atoms with van der Waals surface area (Å²) < 4.78 is 4.80. The lowest BCUT2D eigenvalue weighted by molar-refractivity contribution is -0.151. The number of hydrogen-bond donors (Lipinski definition) is 2. The fourth-order valence-electron chi connectivity index (χ4n) is 2.38. The number of ether oxygens (including phenoxy) is 1. The van der Waals surface area contributed by atoms with Crippen LogP contribution in [0.5, 0.6) is 0 Å². The van der Waals surface area contributed by atoms with Crippen LogP contribution in [-0.4, -0.2) is 53.3 Å². The lowest BCUT2D eigenvalue weighted by atomic mass is 10.1. The molecule has 1 aromatic rings. The normalized spacial score (nSPS) is 14.1. The van der Waals surface area contributed by atoms with Crippen LogP contribution < -0.4 is 10.6 Å². The molecular formula is C17H19N3O6. The third-order valence-corrected chi connectivity index (χ3v) is 3.57. The smallest absolute Gasteiger partial charge is 0.329 e. The second-order valence-corrected chi connectivity index (χ2v) is 5.99. The van der Waals surface area contributed by atoms with Gasteiger partial charge in [-0.1, -0.05) is 12.1 Å². The van der Waals surface area contributed by atoms with Crippen LogP contribution >= 0.6 is 0 Å². The molecule has 5 amide bonds. The van der Waals surface area contributed by atoms with Crippen LogP contribution in [0.1, 0.15) is 41.5 Å². The summed E-state index contributed by atoms with van der Waals surface area (Å²) in [4.78, 5) is 60.5. The Morgan fingerprint density at radius 2 is 1.58 bits per heavy atom. The largest absolute Gasteiger partial charge is 0.454 e. The van der Waals surface area contributed by atoms with Crippen LogP contribution in [0.15, 0.2) is 24.3 Å². The van der Waals surface area contributed by atoms with E-state index in [1.54, 1.807) is 26.0 Å². The van der Waals surface area contributed by atoms with Gasteiger partial charge in [-0.15, -0.1) is 0 Å². The van der Waals surface area contributed by atoms with Gasteiger partial charge in [-0.25, -0.2) is 9.59 Å². The van der Waals surface area contributed by atoms with Crippen molar-refractivity contribution in [1.29, 1.82) is 0 Å². The molecule has 9 heteroatoms. The van der Waals surface area contributed by atoms with Gasteiger partial charge in [-0.3, -0.25) is 24.6 Å². The molecule has 2 N–H and O–H groups in total. The Bertz CT molecular complexity index is 739. The Morgan fingerprint density at radius 3 is 2.08 bits per heavy atom. The van der Waals surface area contributed by atoms with Crippen molar-refractivity contribution in [3.63, 3.8) is 0 Å². The Morgan fingerprint density at radius 1 is 1.04 bits per heavy atom. The summed E-state index contributed by atoms with van der Waals surface area (Å²) >= 11 is 0. The van der Waals surface area contributed by atoms with Crippen molar-refractivity contribution in [3.05, 3.63) is 35.4 Å². The summed E-state index contributed by atoms with van der Waals surface area (Å²) in [7, 11) is 0. The van der Waals surface area contributed by atoms with Crippen molar-refractivity contribution in [2.45, 2.75) is 32.9 Å². The number of carbonyl (C=O) groups is 5. The molecule has 26 heavy (non-hydrogen) atoms. The summed E-state index contributed by atoms with van der Waals surface area (Å²) in [5, 5.41) is 4.43. The monoisotopic (exact) mass is 361 g/mol. The third-order valence-electron chi connectivity index (χ3n) is 3.57. The van der Waals surface area contributed by atoms with E-state index in [4.69, 9.17) is 4.74 Å². The van der Waals surface area contributed by atoms with E-state index >= 15 is 0 Å². The molecule has 0 spiro atoms. The highest BCUT2D eigenvalue weighted by atomic mass is 16.5. The van der Waals surface area contributed by atoms with Gasteiger partial charge in [0.05, 0.1) is 11.1 Å². The predicted molar refractivity (Wildman–Crippen MR) is 89.2 cm³/mol. The number of nitrogens with zero attached hydrogens (tertiary/aromatic N) is 1. The Balaban J connectivity index is 1.92. The molecule has 0 fully saturated rings. The first-order chi connectivity index (χ1) is 12.2. The minimum absolute atomic E-state index is 0.167. The van der Waals surface area contributed by atoms with E-state index in [9.17, 15) is 24.0 Å². The number of esters is 1. The second-order valence-electron chi connectivity index (χ2n) is 5.99. The van der Waals surface area contributed by atoms with Crippen LogP contribution in [0.4, 0.5) is 4.79 Å². The predicted octanol–water partition coefficient (Wildman–Crippen LogP) is 0.449. The SMILES string of the molecule is CC(C)NC(=O)NC(=O)COC(=O)[C@@H](C)N1C(=O)c2ccccc2C1=O. The van der Waals surface area contributed by atoms with E-state index in [1.807, 2.05) is 5.32 Å². The van der Waals surface area contributed by atoms with Crippen LogP contribution in [0.2, 0.25) is 0 Å². The highest BCUT2D eigenvalue weighted by Crippen LogP contribution is 2.24. The number of nitrogens with one attached hydrogen (secondary N) is 2. The van der Waals surface area contributed by atoms with Gasteiger partial charge in [-0.2, -0.15) is 0 Å². The van der Waals surface area contributed by atoms with Gasteiger partial charge in [0.2, 0.25) is 0 Å². The van der Waals surface area contributed by atoms with E-state index in [1.165, 1.54) is 19.1 Å². The quantitative estimate of drug-likeness (QED) is 0.580. The van der Waals surface area contributed by atoms with Crippen molar-refractivity contribution >= 4 is 29.7 Å². The zero-order chi connectivity index (χ0) is 19.4. The highest BCUT2D eigenvalue weighted by molar-refractivity contribution is 6.22. The fourth-order valence-corrected chi connectivity index (χ4v) is 2.38. The van der Waals surface area contributed by atoms with Crippen LogP contribution in [0, 0.1) is 0 Å². The van der Waals surface area contributed by atoms with E-state index in [2.05, 4.69) is 5.32 Å². The summed E-state index contributed by atoms with van der Waals surface area (Å²) in [6.45, 7) is 4.05. The number of benzene rings is 1. The molecule has 1 aliphatic heterocycles. The lowest BCUT2D eigenvalue weighted by Gasteiger charge is -2.20. The van der Waals surface area contributed by atoms with Gasteiger partial charge in [0.1, 0.15) is 6.04 Å². The van der Waals surface area contributed by atoms with Crippen molar-refractivity contribution in [2.24, 2.45) is 0 Å². The van der Waals surface area contributed by atoms with Gasteiger partial charge in [0.15, 0.2) is 6.61 Å². The first kappa shape index (κ1) is 19.1. The fraction of sp³-hybridized carbons (Fsp3) is 0.353. The molecule has 138 valence electrons. The van der Waals surface area contributed by atoms with Gasteiger partial charge >= 0.3 is 12.0 Å². The Kier molecular flexibility index (Phi) is 5.71. The van der Waals surface area contributed by atoms with Crippen LogP contribution in [0.3, 0.4) is 0 Å². The van der Waals surface area contributed by atoms with Gasteiger partial charge < -0.3 is 10.1 Å². The minimum atomic E-state index is -1.21. The summed E-state index contributed by atoms with van der Waals surface area (Å²) in [6, 6.07) is 4.13. The molecule has 2 rings (SSSR count). The number of rotatable bonds is 5. The Labute approximate surface area is 149 Å². The molecule has 0 saturated heterocycles. The average Bonchev–Trinajstić information content (AvgIpc) is 2.82. The second kappa shape index (κ2) is 7.77. The van der Waals surface area contributed by atoms with E-state index in [0.717, 1.165) is 4.90 Å². The number of urea groups is 1. The van der Waals surface area contributed by atoms with Gasteiger partial charge in [-0.05, 0) is 32.9 Å². The number of imide groups is 2. The zero-order valence-corrected chi connectivity index (χ0v) is 14.6. The molecular weight excluding hydrogens is 342 g/mol. The molecule has 9 nitrogen and oxygen atoms in total. The van der Waals surface area contributed by atoms with Gasteiger partial charge in [0.25, 0.3) is 17.7 Å². The van der Waals surface area contributed by atoms with Crippen molar-refractivity contribution in [2.75, 3.05) is 6.61 Å². The molecule has 0 radical (unpaired) electrons. The summed E-state index contributed by atoms with van der Waals surface area (Å²) in [6.07, 6.45) is 0.